The highest BCUT2D eigenvalue weighted by Gasteiger charge is 2.56. The zero-order chi connectivity index (χ0) is 18.1. The van der Waals surface area contributed by atoms with Crippen molar-refractivity contribution < 1.29 is 20.1 Å². The van der Waals surface area contributed by atoms with E-state index in [-0.39, 0.29) is 29.5 Å². The molecule has 4 heteroatoms. The molecule has 1 saturated carbocycles. The minimum absolute atomic E-state index is 0.0293. The molecule has 0 aliphatic heterocycles. The first-order valence-electron chi connectivity index (χ1n) is 9.36. The lowest BCUT2D eigenvalue weighted by molar-refractivity contribution is -0.139. The maximum absolute atomic E-state index is 11.8. The molecular formula is C20H34O4. The van der Waals surface area contributed by atoms with Crippen molar-refractivity contribution >= 4 is 5.97 Å². The maximum atomic E-state index is 11.8. The number of carboxylic acid groups (broad SMARTS) is 1. The Morgan fingerprint density at radius 3 is 2.58 bits per heavy atom. The summed E-state index contributed by atoms with van der Waals surface area (Å²) in [4.78, 5) is 11.8. The number of hydrogen-bond donors (Lipinski definition) is 3. The summed E-state index contributed by atoms with van der Waals surface area (Å²) >= 11 is 0. The molecule has 0 saturated heterocycles. The zero-order valence-electron chi connectivity index (χ0n) is 15.6. The van der Waals surface area contributed by atoms with Gasteiger partial charge in [-0.2, -0.15) is 0 Å². The molecule has 4 nitrogen and oxygen atoms in total. The van der Waals surface area contributed by atoms with Crippen molar-refractivity contribution in [2.75, 3.05) is 6.61 Å². The molecule has 0 aromatic carbocycles. The van der Waals surface area contributed by atoms with E-state index in [1.807, 2.05) is 6.08 Å². The highest BCUT2D eigenvalue weighted by molar-refractivity contribution is 5.87. The molecule has 3 N–H and O–H groups in total. The molecule has 138 valence electrons. The number of carbonyl (C=O) groups is 1. The number of aliphatic carboxylic acids is 1. The highest BCUT2D eigenvalue weighted by Crippen LogP contribution is 2.60. The molecule has 24 heavy (non-hydrogen) atoms. The molecule has 1 unspecified atom stereocenters. The monoisotopic (exact) mass is 338 g/mol. The fraction of sp³-hybridized carbons (Fsp3) is 0.850. The number of aliphatic hydroxyl groups is 2. The van der Waals surface area contributed by atoms with E-state index in [0.717, 1.165) is 38.5 Å². The summed E-state index contributed by atoms with van der Waals surface area (Å²) in [6.07, 6.45) is 6.51. The Labute approximate surface area is 146 Å². The van der Waals surface area contributed by atoms with E-state index >= 15 is 0 Å². The zero-order valence-corrected chi connectivity index (χ0v) is 15.6. The second-order valence-corrected chi connectivity index (χ2v) is 8.88. The number of allylic oxidation sites excluding steroid dienone is 1. The second-order valence-electron chi connectivity index (χ2n) is 8.88. The lowest BCUT2D eigenvalue weighted by Gasteiger charge is -2.58. The summed E-state index contributed by atoms with van der Waals surface area (Å²) in [6.45, 7) is 8.81. The SMILES string of the molecule is CC(CCO)CC[C@@H]1C(C(=O)O)=CC[C@@H]2C(C)(C)[C@H](O)CC[C@@]12C. The van der Waals surface area contributed by atoms with Crippen molar-refractivity contribution in [2.24, 2.45) is 28.6 Å². The largest absolute Gasteiger partial charge is 0.478 e. The Bertz CT molecular complexity index is 496. The standard InChI is InChI=1S/C20H34O4/c1-13(10-12-21)5-7-15-14(18(23)24)6-8-16-19(2,3)17(22)9-11-20(15,16)4/h6,13,15-17,21-22H,5,7-12H2,1-4H3,(H,23,24)/t13?,15-,16-,17-,20+/m1/s1. The molecule has 0 amide bonds. The Hall–Kier alpha value is -0.870. The van der Waals surface area contributed by atoms with E-state index in [1.54, 1.807) is 0 Å². The normalized spacial score (nSPS) is 36.6. The highest BCUT2D eigenvalue weighted by atomic mass is 16.4. The van der Waals surface area contributed by atoms with Gasteiger partial charge in [0.25, 0.3) is 0 Å². The van der Waals surface area contributed by atoms with Crippen molar-refractivity contribution in [3.05, 3.63) is 11.6 Å². The van der Waals surface area contributed by atoms with Crippen molar-refractivity contribution in [3.63, 3.8) is 0 Å². The third-order valence-corrected chi connectivity index (χ3v) is 7.07. The summed E-state index contributed by atoms with van der Waals surface area (Å²) in [5, 5.41) is 29.3. The van der Waals surface area contributed by atoms with Crippen LogP contribution in [0.4, 0.5) is 0 Å². The van der Waals surface area contributed by atoms with Gasteiger partial charge in [0.1, 0.15) is 0 Å². The number of fused-ring (bicyclic) bond motifs is 1. The lowest BCUT2D eigenvalue weighted by Crippen LogP contribution is -2.54. The van der Waals surface area contributed by atoms with E-state index in [1.165, 1.54) is 0 Å². The van der Waals surface area contributed by atoms with Gasteiger partial charge in [0.15, 0.2) is 0 Å². The van der Waals surface area contributed by atoms with Gasteiger partial charge in [-0.15, -0.1) is 0 Å². The molecule has 0 aromatic heterocycles. The third-order valence-electron chi connectivity index (χ3n) is 7.07. The molecule has 0 radical (unpaired) electrons. The van der Waals surface area contributed by atoms with Gasteiger partial charge < -0.3 is 15.3 Å². The Balaban J connectivity index is 2.30. The van der Waals surface area contributed by atoms with Gasteiger partial charge in [0, 0.05) is 12.2 Å². The van der Waals surface area contributed by atoms with Crippen LogP contribution in [-0.2, 0) is 4.79 Å². The van der Waals surface area contributed by atoms with Crippen molar-refractivity contribution in [3.8, 4) is 0 Å². The molecular weight excluding hydrogens is 304 g/mol. The summed E-state index contributed by atoms with van der Waals surface area (Å²) < 4.78 is 0. The minimum Gasteiger partial charge on any atom is -0.478 e. The van der Waals surface area contributed by atoms with E-state index in [2.05, 4.69) is 27.7 Å². The van der Waals surface area contributed by atoms with Crippen LogP contribution in [0, 0.1) is 28.6 Å². The van der Waals surface area contributed by atoms with Crippen LogP contribution in [0.25, 0.3) is 0 Å². The fourth-order valence-corrected chi connectivity index (χ4v) is 5.35. The summed E-state index contributed by atoms with van der Waals surface area (Å²) in [6, 6.07) is 0. The number of rotatable bonds is 6. The average molecular weight is 338 g/mol. The molecule has 2 rings (SSSR count). The van der Waals surface area contributed by atoms with Crippen LogP contribution in [0.5, 0.6) is 0 Å². The van der Waals surface area contributed by atoms with E-state index < -0.39 is 5.97 Å². The first kappa shape index (κ1) is 19.5. The van der Waals surface area contributed by atoms with Gasteiger partial charge in [-0.1, -0.05) is 40.2 Å². The lowest BCUT2D eigenvalue weighted by atomic mass is 9.47. The van der Waals surface area contributed by atoms with E-state index in [4.69, 9.17) is 5.11 Å². The minimum atomic E-state index is -0.793. The predicted octanol–water partition coefficient (Wildman–Crippen LogP) is 3.62. The van der Waals surface area contributed by atoms with Crippen LogP contribution >= 0.6 is 0 Å². The van der Waals surface area contributed by atoms with Crippen LogP contribution in [0.15, 0.2) is 11.6 Å². The van der Waals surface area contributed by atoms with Gasteiger partial charge in [-0.3, -0.25) is 0 Å². The Morgan fingerprint density at radius 2 is 2.00 bits per heavy atom. The second kappa shape index (κ2) is 7.17. The predicted molar refractivity (Wildman–Crippen MR) is 94.5 cm³/mol. The maximum Gasteiger partial charge on any atom is 0.331 e. The quantitative estimate of drug-likeness (QED) is 0.691. The summed E-state index contributed by atoms with van der Waals surface area (Å²) in [5.41, 5.74) is 0.296. The molecule has 1 fully saturated rings. The molecule has 0 aromatic rings. The van der Waals surface area contributed by atoms with Crippen LogP contribution in [-0.4, -0.2) is 34.0 Å². The van der Waals surface area contributed by atoms with Crippen LogP contribution in [0.3, 0.4) is 0 Å². The van der Waals surface area contributed by atoms with Gasteiger partial charge in [-0.05, 0) is 60.7 Å². The summed E-state index contributed by atoms with van der Waals surface area (Å²) in [7, 11) is 0. The van der Waals surface area contributed by atoms with E-state index in [0.29, 0.717) is 17.4 Å². The van der Waals surface area contributed by atoms with Crippen LogP contribution in [0.2, 0.25) is 0 Å². The number of aliphatic hydroxyl groups excluding tert-OH is 2. The molecule has 0 bridgehead atoms. The van der Waals surface area contributed by atoms with Gasteiger partial charge >= 0.3 is 5.97 Å². The molecule has 2 aliphatic carbocycles. The van der Waals surface area contributed by atoms with Crippen LogP contribution < -0.4 is 0 Å². The first-order chi connectivity index (χ1) is 11.1. The van der Waals surface area contributed by atoms with Crippen molar-refractivity contribution in [1.29, 1.82) is 0 Å². The van der Waals surface area contributed by atoms with Crippen molar-refractivity contribution in [2.45, 2.75) is 72.3 Å². The molecule has 2 aliphatic rings. The van der Waals surface area contributed by atoms with E-state index in [9.17, 15) is 15.0 Å². The number of hydrogen-bond acceptors (Lipinski definition) is 3. The molecule has 0 spiro atoms. The van der Waals surface area contributed by atoms with Gasteiger partial charge in [-0.25, -0.2) is 4.79 Å². The molecule has 5 atom stereocenters. The topological polar surface area (TPSA) is 77.8 Å². The molecule has 0 heterocycles. The summed E-state index contributed by atoms with van der Waals surface area (Å²) in [5.74, 6) is -0.0636. The Morgan fingerprint density at radius 1 is 1.33 bits per heavy atom. The number of carboxylic acids is 1. The van der Waals surface area contributed by atoms with Gasteiger partial charge in [0.2, 0.25) is 0 Å². The van der Waals surface area contributed by atoms with Crippen LogP contribution in [0.1, 0.15) is 66.2 Å². The van der Waals surface area contributed by atoms with Crippen molar-refractivity contribution in [1.82, 2.24) is 0 Å². The van der Waals surface area contributed by atoms with Gasteiger partial charge in [0.05, 0.1) is 6.10 Å². The third kappa shape index (κ3) is 3.41. The Kier molecular flexibility index (Phi) is 5.81. The average Bonchev–Trinajstić information content (AvgIpc) is 2.49. The first-order valence-corrected chi connectivity index (χ1v) is 9.36. The fourth-order valence-electron chi connectivity index (χ4n) is 5.35. The smallest absolute Gasteiger partial charge is 0.331 e.